The highest BCUT2D eigenvalue weighted by molar-refractivity contribution is 5.94. The van der Waals surface area contributed by atoms with Crippen molar-refractivity contribution in [1.29, 1.82) is 0 Å². The summed E-state index contributed by atoms with van der Waals surface area (Å²) in [5.74, 6) is 0.0390. The summed E-state index contributed by atoms with van der Waals surface area (Å²) in [6.45, 7) is 3.19. The molecule has 0 spiro atoms. The Balaban J connectivity index is 1.95. The predicted molar refractivity (Wildman–Crippen MR) is 85.0 cm³/mol. The smallest absolute Gasteiger partial charge is 0.253 e. The molecule has 0 bridgehead atoms. The van der Waals surface area contributed by atoms with Gasteiger partial charge in [0.05, 0.1) is 12.7 Å². The fourth-order valence-corrected chi connectivity index (χ4v) is 2.49. The molecule has 1 fully saturated rings. The molecule has 0 aliphatic carbocycles. The summed E-state index contributed by atoms with van der Waals surface area (Å²) < 4.78 is 5.71. The average molecular weight is 291 g/mol. The zero-order valence-electron chi connectivity index (χ0n) is 13.4. The third-order valence-electron chi connectivity index (χ3n) is 3.80. The topological polar surface area (TPSA) is 36.0 Å². The maximum absolute atomic E-state index is 12.4. The van der Waals surface area contributed by atoms with Crippen LogP contribution in [-0.2, 0) is 4.74 Å². The Morgan fingerprint density at radius 2 is 1.95 bits per heavy atom. The molecule has 1 saturated heterocycles. The van der Waals surface area contributed by atoms with E-state index in [-0.39, 0.29) is 12.0 Å². The molecule has 1 amide bonds. The van der Waals surface area contributed by atoms with Crippen molar-refractivity contribution in [1.82, 2.24) is 9.80 Å². The number of carbonyl (C=O) groups is 1. The van der Waals surface area contributed by atoms with Crippen molar-refractivity contribution in [2.45, 2.75) is 6.10 Å². The van der Waals surface area contributed by atoms with E-state index >= 15 is 0 Å². The van der Waals surface area contributed by atoms with Crippen molar-refractivity contribution in [3.8, 4) is 0 Å². The third kappa shape index (κ3) is 4.19. The fraction of sp³-hybridized carbons (Fsp3) is 0.562. The Morgan fingerprint density at radius 3 is 2.52 bits per heavy atom. The van der Waals surface area contributed by atoms with Crippen LogP contribution in [0.5, 0.6) is 0 Å². The molecule has 2 rings (SSSR count). The van der Waals surface area contributed by atoms with E-state index in [0.29, 0.717) is 12.1 Å². The van der Waals surface area contributed by atoms with E-state index in [9.17, 15) is 4.79 Å². The van der Waals surface area contributed by atoms with E-state index in [4.69, 9.17) is 4.74 Å². The maximum atomic E-state index is 12.4. The molecule has 1 unspecified atom stereocenters. The Kier molecular flexibility index (Phi) is 5.20. The van der Waals surface area contributed by atoms with Gasteiger partial charge in [-0.15, -0.1) is 0 Å². The summed E-state index contributed by atoms with van der Waals surface area (Å²) in [7, 11) is 7.89. The highest BCUT2D eigenvalue weighted by atomic mass is 16.5. The Bertz CT molecular complexity index is 473. The monoisotopic (exact) mass is 291 g/mol. The van der Waals surface area contributed by atoms with E-state index in [2.05, 4.69) is 11.9 Å². The summed E-state index contributed by atoms with van der Waals surface area (Å²) >= 11 is 0. The minimum Gasteiger partial charge on any atom is -0.378 e. The first-order valence-corrected chi connectivity index (χ1v) is 7.30. The molecule has 0 N–H and O–H groups in total. The van der Waals surface area contributed by atoms with Gasteiger partial charge >= 0.3 is 0 Å². The number of nitrogens with zero attached hydrogens (tertiary/aromatic N) is 3. The Hall–Kier alpha value is -1.59. The van der Waals surface area contributed by atoms with Gasteiger partial charge in [-0.25, -0.2) is 0 Å². The third-order valence-corrected chi connectivity index (χ3v) is 3.80. The van der Waals surface area contributed by atoms with E-state index < -0.39 is 0 Å². The van der Waals surface area contributed by atoms with Gasteiger partial charge < -0.3 is 19.4 Å². The number of anilines is 1. The van der Waals surface area contributed by atoms with Crippen molar-refractivity contribution >= 4 is 11.6 Å². The molecule has 1 heterocycles. The molecule has 1 aromatic rings. The largest absolute Gasteiger partial charge is 0.378 e. The molecule has 21 heavy (non-hydrogen) atoms. The second-order valence-electron chi connectivity index (χ2n) is 5.88. The minimum atomic E-state index is 0.0390. The molecule has 1 atom stereocenters. The lowest BCUT2D eigenvalue weighted by Crippen LogP contribution is -2.46. The summed E-state index contributed by atoms with van der Waals surface area (Å²) in [6, 6.07) is 7.68. The van der Waals surface area contributed by atoms with Gasteiger partial charge in [-0.05, 0) is 31.3 Å². The summed E-state index contributed by atoms with van der Waals surface area (Å²) in [4.78, 5) is 18.4. The van der Waals surface area contributed by atoms with Crippen molar-refractivity contribution in [3.63, 3.8) is 0 Å². The zero-order valence-corrected chi connectivity index (χ0v) is 13.4. The maximum Gasteiger partial charge on any atom is 0.253 e. The normalized spacial score (nSPS) is 19.3. The van der Waals surface area contributed by atoms with Crippen LogP contribution in [0.3, 0.4) is 0 Å². The zero-order chi connectivity index (χ0) is 15.4. The lowest BCUT2D eigenvalue weighted by atomic mass is 10.1. The number of carbonyl (C=O) groups excluding carboxylic acids is 1. The first-order chi connectivity index (χ1) is 9.97. The van der Waals surface area contributed by atoms with Gasteiger partial charge in [-0.2, -0.15) is 0 Å². The molecule has 0 radical (unpaired) electrons. The van der Waals surface area contributed by atoms with Crippen LogP contribution in [0.4, 0.5) is 5.69 Å². The van der Waals surface area contributed by atoms with Gasteiger partial charge in [0.2, 0.25) is 0 Å². The van der Waals surface area contributed by atoms with Crippen LogP contribution in [0.2, 0.25) is 0 Å². The van der Waals surface area contributed by atoms with Gasteiger partial charge in [0, 0.05) is 52.0 Å². The highest BCUT2D eigenvalue weighted by Gasteiger charge is 2.22. The fourth-order valence-electron chi connectivity index (χ4n) is 2.49. The number of ether oxygens (including phenoxy) is 1. The minimum absolute atomic E-state index is 0.0390. The highest BCUT2D eigenvalue weighted by Crippen LogP contribution is 2.14. The number of morpholine rings is 1. The SMILES string of the molecule is CN1CCOC(CN(C)C(=O)c2ccc(N(C)C)cc2)C1. The molecular weight excluding hydrogens is 266 g/mol. The van der Waals surface area contributed by atoms with Crippen LogP contribution in [0.25, 0.3) is 0 Å². The number of benzene rings is 1. The van der Waals surface area contributed by atoms with Crippen LogP contribution < -0.4 is 4.90 Å². The summed E-state index contributed by atoms with van der Waals surface area (Å²) in [6.07, 6.45) is 0.0961. The number of amides is 1. The van der Waals surface area contributed by atoms with Crippen LogP contribution >= 0.6 is 0 Å². The molecule has 5 nitrogen and oxygen atoms in total. The predicted octanol–water partition coefficient (Wildman–Crippen LogP) is 1.16. The quantitative estimate of drug-likeness (QED) is 0.834. The number of hydrogen-bond acceptors (Lipinski definition) is 4. The first kappa shape index (κ1) is 15.8. The van der Waals surface area contributed by atoms with Gasteiger partial charge in [0.25, 0.3) is 5.91 Å². The molecule has 5 heteroatoms. The molecule has 0 aromatic heterocycles. The van der Waals surface area contributed by atoms with Gasteiger partial charge in [-0.3, -0.25) is 4.79 Å². The molecule has 1 aliphatic rings. The van der Waals surface area contributed by atoms with E-state index in [1.165, 1.54) is 0 Å². The molecule has 0 saturated carbocycles. The van der Waals surface area contributed by atoms with Crippen LogP contribution in [0.1, 0.15) is 10.4 Å². The van der Waals surface area contributed by atoms with Gasteiger partial charge in [0.1, 0.15) is 0 Å². The second kappa shape index (κ2) is 6.91. The van der Waals surface area contributed by atoms with Crippen LogP contribution in [0, 0.1) is 0 Å². The standard InChI is InChI=1S/C16H25N3O2/c1-17(2)14-7-5-13(6-8-14)16(20)19(4)12-15-11-18(3)9-10-21-15/h5-8,15H,9-12H2,1-4H3. The average Bonchev–Trinajstić information content (AvgIpc) is 2.46. The van der Waals surface area contributed by atoms with E-state index in [1.807, 2.05) is 50.3 Å². The number of rotatable bonds is 4. The van der Waals surface area contributed by atoms with Crippen molar-refractivity contribution in [2.24, 2.45) is 0 Å². The van der Waals surface area contributed by atoms with Crippen molar-refractivity contribution < 1.29 is 9.53 Å². The second-order valence-corrected chi connectivity index (χ2v) is 5.88. The lowest BCUT2D eigenvalue weighted by molar-refractivity contribution is -0.0301. The molecule has 116 valence electrons. The number of likely N-dealkylation sites (N-methyl/N-ethyl adjacent to an activating group) is 2. The van der Waals surface area contributed by atoms with Crippen molar-refractivity contribution in [3.05, 3.63) is 29.8 Å². The van der Waals surface area contributed by atoms with E-state index in [0.717, 1.165) is 25.4 Å². The lowest BCUT2D eigenvalue weighted by Gasteiger charge is -2.32. The molecule has 1 aromatic carbocycles. The number of hydrogen-bond donors (Lipinski definition) is 0. The molecular formula is C16H25N3O2. The van der Waals surface area contributed by atoms with Crippen LogP contribution in [-0.4, -0.2) is 76.2 Å². The Labute approximate surface area is 127 Å². The molecule has 1 aliphatic heterocycles. The first-order valence-electron chi connectivity index (χ1n) is 7.30. The van der Waals surface area contributed by atoms with Crippen molar-refractivity contribution in [2.75, 3.05) is 59.3 Å². The van der Waals surface area contributed by atoms with Crippen LogP contribution in [0.15, 0.2) is 24.3 Å². The van der Waals surface area contributed by atoms with Gasteiger partial charge in [0.15, 0.2) is 0 Å². The Morgan fingerprint density at radius 1 is 1.29 bits per heavy atom. The van der Waals surface area contributed by atoms with E-state index in [1.54, 1.807) is 4.90 Å². The van der Waals surface area contributed by atoms with Gasteiger partial charge in [-0.1, -0.05) is 0 Å². The summed E-state index contributed by atoms with van der Waals surface area (Å²) in [5.41, 5.74) is 1.80. The summed E-state index contributed by atoms with van der Waals surface area (Å²) in [5, 5.41) is 0.